The minimum atomic E-state index is -0.582. The summed E-state index contributed by atoms with van der Waals surface area (Å²) in [6, 6.07) is 10.8. The zero-order valence-electron chi connectivity index (χ0n) is 14.6. The summed E-state index contributed by atoms with van der Waals surface area (Å²) in [7, 11) is 2.13. The highest BCUT2D eigenvalue weighted by Crippen LogP contribution is 2.51. The number of ether oxygens (including phenoxy) is 1. The molecule has 2 saturated carbocycles. The standard InChI is InChI=1S/C20H28N2O2/c1-22(13-10-16-8-4-2-5-9-16)17-14-20(17)18(23)21-15-19(24-20)11-6-3-7-12-19/h2,4-5,8-9,17H,3,6-7,10-15H2,1H3,(H,21,23). The van der Waals surface area contributed by atoms with E-state index >= 15 is 0 Å². The number of likely N-dealkylation sites (N-methyl/N-ethyl adjacent to an activating group) is 1. The molecule has 2 atom stereocenters. The van der Waals surface area contributed by atoms with E-state index in [4.69, 9.17) is 4.74 Å². The van der Waals surface area contributed by atoms with Crippen molar-refractivity contribution >= 4 is 5.91 Å². The average Bonchev–Trinajstić information content (AvgIpc) is 3.33. The van der Waals surface area contributed by atoms with E-state index in [9.17, 15) is 4.79 Å². The number of nitrogens with zero attached hydrogens (tertiary/aromatic N) is 1. The molecular weight excluding hydrogens is 300 g/mol. The smallest absolute Gasteiger partial charge is 0.254 e. The summed E-state index contributed by atoms with van der Waals surface area (Å²) >= 11 is 0. The molecule has 1 N–H and O–H groups in total. The second-order valence-corrected chi connectivity index (χ2v) is 7.85. The van der Waals surface area contributed by atoms with Crippen LogP contribution in [0.25, 0.3) is 0 Å². The van der Waals surface area contributed by atoms with Gasteiger partial charge in [0, 0.05) is 19.5 Å². The number of morpholine rings is 1. The maximum atomic E-state index is 12.5. The monoisotopic (exact) mass is 328 g/mol. The number of rotatable bonds is 4. The van der Waals surface area contributed by atoms with Crippen molar-refractivity contribution in [2.75, 3.05) is 20.1 Å². The van der Waals surface area contributed by atoms with Gasteiger partial charge in [0.2, 0.25) is 0 Å². The van der Waals surface area contributed by atoms with Gasteiger partial charge >= 0.3 is 0 Å². The molecule has 3 fully saturated rings. The van der Waals surface area contributed by atoms with Gasteiger partial charge in [-0.3, -0.25) is 9.69 Å². The van der Waals surface area contributed by atoms with E-state index in [-0.39, 0.29) is 17.6 Å². The lowest BCUT2D eigenvalue weighted by Gasteiger charge is -2.44. The molecule has 1 aromatic rings. The van der Waals surface area contributed by atoms with E-state index in [1.54, 1.807) is 0 Å². The van der Waals surface area contributed by atoms with Gasteiger partial charge in [-0.15, -0.1) is 0 Å². The highest BCUT2D eigenvalue weighted by molar-refractivity contribution is 5.90. The molecule has 0 aromatic heterocycles. The summed E-state index contributed by atoms with van der Waals surface area (Å²) in [5, 5.41) is 3.16. The molecule has 1 saturated heterocycles. The summed E-state index contributed by atoms with van der Waals surface area (Å²) in [6.45, 7) is 1.66. The van der Waals surface area contributed by atoms with Crippen LogP contribution in [-0.4, -0.2) is 48.2 Å². The number of hydrogen-bond acceptors (Lipinski definition) is 3. The molecule has 130 valence electrons. The number of hydrogen-bond donors (Lipinski definition) is 1. The third-order valence-corrected chi connectivity index (χ3v) is 6.12. The van der Waals surface area contributed by atoms with Gasteiger partial charge in [0.15, 0.2) is 5.60 Å². The van der Waals surface area contributed by atoms with Crippen molar-refractivity contribution in [3.63, 3.8) is 0 Å². The van der Waals surface area contributed by atoms with E-state index in [0.29, 0.717) is 6.54 Å². The molecule has 2 spiro atoms. The van der Waals surface area contributed by atoms with Crippen LogP contribution < -0.4 is 5.32 Å². The van der Waals surface area contributed by atoms with Crippen molar-refractivity contribution in [1.82, 2.24) is 10.2 Å². The molecule has 0 radical (unpaired) electrons. The zero-order valence-corrected chi connectivity index (χ0v) is 14.6. The van der Waals surface area contributed by atoms with Crippen LogP contribution in [0.4, 0.5) is 0 Å². The van der Waals surface area contributed by atoms with E-state index in [1.165, 1.54) is 24.8 Å². The predicted molar refractivity (Wildman–Crippen MR) is 93.8 cm³/mol. The van der Waals surface area contributed by atoms with Crippen molar-refractivity contribution in [3.05, 3.63) is 35.9 Å². The highest BCUT2D eigenvalue weighted by atomic mass is 16.5. The quantitative estimate of drug-likeness (QED) is 0.923. The summed E-state index contributed by atoms with van der Waals surface area (Å²) < 4.78 is 6.56. The van der Waals surface area contributed by atoms with Crippen molar-refractivity contribution in [2.24, 2.45) is 0 Å². The van der Waals surface area contributed by atoms with Gasteiger partial charge in [-0.1, -0.05) is 49.6 Å². The Bertz CT molecular complexity index is 597. The Morgan fingerprint density at radius 1 is 1.21 bits per heavy atom. The van der Waals surface area contributed by atoms with Crippen LogP contribution in [0, 0.1) is 0 Å². The first-order valence-electron chi connectivity index (χ1n) is 9.36. The number of carbonyl (C=O) groups is 1. The first-order chi connectivity index (χ1) is 11.6. The highest BCUT2D eigenvalue weighted by Gasteiger charge is 2.67. The average molecular weight is 328 g/mol. The molecule has 2 unspecified atom stereocenters. The lowest BCUT2D eigenvalue weighted by Crippen LogP contribution is -2.61. The Morgan fingerprint density at radius 2 is 1.96 bits per heavy atom. The van der Waals surface area contributed by atoms with Crippen LogP contribution in [0.3, 0.4) is 0 Å². The Balaban J connectivity index is 1.39. The SMILES string of the molecule is CN(CCc1ccccc1)C1CC12OC1(CCCCC1)CNC2=O. The fourth-order valence-electron chi connectivity index (χ4n) is 4.53. The molecule has 1 amide bonds. The fraction of sp³-hybridized carbons (Fsp3) is 0.650. The zero-order chi connectivity index (χ0) is 16.6. The topological polar surface area (TPSA) is 41.6 Å². The van der Waals surface area contributed by atoms with Crippen LogP contribution in [0.5, 0.6) is 0 Å². The van der Waals surface area contributed by atoms with Gasteiger partial charge in [0.05, 0.1) is 11.6 Å². The number of nitrogens with one attached hydrogen (secondary N) is 1. The lowest BCUT2D eigenvalue weighted by atomic mass is 9.83. The van der Waals surface area contributed by atoms with E-state index in [2.05, 4.69) is 41.5 Å². The van der Waals surface area contributed by atoms with Crippen molar-refractivity contribution in [1.29, 1.82) is 0 Å². The van der Waals surface area contributed by atoms with Crippen molar-refractivity contribution < 1.29 is 9.53 Å². The normalized spacial score (nSPS) is 31.4. The van der Waals surface area contributed by atoms with Gasteiger partial charge in [-0.25, -0.2) is 0 Å². The molecule has 0 bridgehead atoms. The molecule has 24 heavy (non-hydrogen) atoms. The molecule has 1 heterocycles. The molecule has 2 aliphatic carbocycles. The van der Waals surface area contributed by atoms with Gasteiger partial charge in [0.1, 0.15) is 0 Å². The van der Waals surface area contributed by atoms with Crippen LogP contribution >= 0.6 is 0 Å². The molecule has 1 aromatic carbocycles. The second kappa shape index (κ2) is 6.16. The third-order valence-electron chi connectivity index (χ3n) is 6.12. The molecule has 4 nitrogen and oxygen atoms in total. The van der Waals surface area contributed by atoms with Gasteiger partial charge in [-0.2, -0.15) is 0 Å². The first kappa shape index (κ1) is 16.1. The summed E-state index contributed by atoms with van der Waals surface area (Å²) in [5.41, 5.74) is 0.666. The van der Waals surface area contributed by atoms with Crippen LogP contribution in [0.1, 0.15) is 44.1 Å². The number of amides is 1. The Hall–Kier alpha value is -1.39. The largest absolute Gasteiger partial charge is 0.355 e. The molecule has 4 heteroatoms. The van der Waals surface area contributed by atoms with Crippen LogP contribution in [0.2, 0.25) is 0 Å². The van der Waals surface area contributed by atoms with Gasteiger partial charge in [0.25, 0.3) is 5.91 Å². The fourth-order valence-corrected chi connectivity index (χ4v) is 4.53. The third kappa shape index (κ3) is 2.86. The van der Waals surface area contributed by atoms with E-state index in [0.717, 1.165) is 32.2 Å². The second-order valence-electron chi connectivity index (χ2n) is 7.85. The molecular formula is C20H28N2O2. The molecule has 4 rings (SSSR count). The Kier molecular flexibility index (Phi) is 4.13. The van der Waals surface area contributed by atoms with E-state index < -0.39 is 5.60 Å². The van der Waals surface area contributed by atoms with Gasteiger partial charge < -0.3 is 10.1 Å². The summed E-state index contributed by atoms with van der Waals surface area (Å²) in [4.78, 5) is 14.8. The maximum Gasteiger partial charge on any atom is 0.254 e. The van der Waals surface area contributed by atoms with E-state index in [1.807, 2.05) is 6.07 Å². The first-order valence-corrected chi connectivity index (χ1v) is 9.36. The molecule has 1 aliphatic heterocycles. The number of carbonyl (C=O) groups excluding carboxylic acids is 1. The predicted octanol–water partition coefficient (Wildman–Crippen LogP) is 2.52. The molecule has 3 aliphatic rings. The Labute approximate surface area is 144 Å². The van der Waals surface area contributed by atoms with Crippen molar-refractivity contribution in [2.45, 2.75) is 62.2 Å². The van der Waals surface area contributed by atoms with Crippen LogP contribution in [0.15, 0.2) is 30.3 Å². The van der Waals surface area contributed by atoms with Crippen LogP contribution in [-0.2, 0) is 16.0 Å². The van der Waals surface area contributed by atoms with Gasteiger partial charge in [-0.05, 0) is 31.9 Å². The summed E-state index contributed by atoms with van der Waals surface area (Å²) in [5.74, 6) is 0.107. The number of benzene rings is 1. The maximum absolute atomic E-state index is 12.5. The minimum Gasteiger partial charge on any atom is -0.355 e. The Morgan fingerprint density at radius 3 is 2.71 bits per heavy atom. The lowest BCUT2D eigenvalue weighted by molar-refractivity contribution is -0.178. The summed E-state index contributed by atoms with van der Waals surface area (Å²) in [6.07, 6.45) is 7.78. The van der Waals surface area contributed by atoms with Crippen molar-refractivity contribution in [3.8, 4) is 0 Å². The minimum absolute atomic E-state index is 0.0961.